The van der Waals surface area contributed by atoms with Crippen molar-refractivity contribution in [3.63, 3.8) is 0 Å². The van der Waals surface area contributed by atoms with E-state index in [-0.39, 0.29) is 36.5 Å². The van der Waals surface area contributed by atoms with Gasteiger partial charge in [0, 0.05) is 38.5 Å². The number of aromatic hydroxyl groups is 1. The van der Waals surface area contributed by atoms with Crippen LogP contribution >= 0.6 is 0 Å². The molecule has 2 aliphatic carbocycles. The molecule has 6 N–H and O–H groups in total. The number of aryl methyl sites for hydroxylation is 1. The van der Waals surface area contributed by atoms with Gasteiger partial charge in [-0.25, -0.2) is 13.1 Å². The molecule has 0 saturated carbocycles. The van der Waals surface area contributed by atoms with Gasteiger partial charge in [0.1, 0.15) is 11.5 Å². The lowest BCUT2D eigenvalue weighted by Crippen LogP contribution is -2.40. The van der Waals surface area contributed by atoms with Crippen molar-refractivity contribution in [2.45, 2.75) is 38.5 Å². The Morgan fingerprint density at radius 2 is 1.92 bits per heavy atom. The van der Waals surface area contributed by atoms with E-state index in [1.165, 1.54) is 0 Å². The summed E-state index contributed by atoms with van der Waals surface area (Å²) in [6.45, 7) is -0.0727. The molecule has 11 nitrogen and oxygen atoms in total. The highest BCUT2D eigenvalue weighted by atomic mass is 32.2. The Morgan fingerprint density at radius 3 is 2.49 bits per heavy atom. The highest BCUT2D eigenvalue weighted by Gasteiger charge is 2.46. The van der Waals surface area contributed by atoms with Crippen LogP contribution < -0.4 is 15.4 Å². The summed E-state index contributed by atoms with van der Waals surface area (Å²) in [5, 5.41) is 31.9. The molecule has 0 heterocycles. The molecular weight excluding hydrogens is 502 g/mol. The molecule has 1 amide bonds. The second-order valence-electron chi connectivity index (χ2n) is 10.0. The van der Waals surface area contributed by atoms with Gasteiger partial charge in [-0.15, -0.1) is 0 Å². The van der Waals surface area contributed by atoms with Crippen molar-refractivity contribution in [3.05, 3.63) is 34.1 Å². The fourth-order valence-electron chi connectivity index (χ4n) is 5.56. The van der Waals surface area contributed by atoms with Gasteiger partial charge in [-0.2, -0.15) is 0 Å². The first-order valence-corrected chi connectivity index (χ1v) is 14.0. The number of aliphatic hydroxyl groups excluding tert-OH is 2. The largest absolute Gasteiger partial charge is 0.511 e. The van der Waals surface area contributed by atoms with E-state index in [9.17, 15) is 38.1 Å². The molecule has 2 aliphatic rings. The van der Waals surface area contributed by atoms with Gasteiger partial charge in [0.15, 0.2) is 11.6 Å². The van der Waals surface area contributed by atoms with Crippen molar-refractivity contribution in [1.82, 2.24) is 4.72 Å². The summed E-state index contributed by atoms with van der Waals surface area (Å²) in [6, 6.07) is 1.78. The number of nitrogens with two attached hydrogens (primary N) is 1. The summed E-state index contributed by atoms with van der Waals surface area (Å²) in [7, 11) is 0.254. The standard InChI is InChI=1S/C25H35N3O8S/c1-28(2)17-11-14(5-4-7-27-37(3,35)36)23(32)22-16(17)10-15-9-13(6-8-29)20(18(30)12-19(26)31)24(33)21(15)25(22)34/h11,13,15,20,27,29,32-33H,4-10,12H2,1-3H3,(H2,26,31). The molecule has 0 saturated heterocycles. The molecule has 0 aromatic heterocycles. The van der Waals surface area contributed by atoms with Crippen LogP contribution in [0.1, 0.15) is 47.2 Å². The minimum Gasteiger partial charge on any atom is -0.511 e. The zero-order valence-corrected chi connectivity index (χ0v) is 22.1. The maximum atomic E-state index is 13.8. The van der Waals surface area contributed by atoms with Gasteiger partial charge in [-0.3, -0.25) is 14.4 Å². The van der Waals surface area contributed by atoms with Gasteiger partial charge in [-0.05, 0) is 61.1 Å². The SMILES string of the molecule is CN(C)c1cc(CCCNS(C)(=O)=O)c(O)c2c1CC1CC(CCO)C(C(=O)CC(N)=O)C(O)=C1C2=O. The third kappa shape index (κ3) is 6.13. The Bertz CT molecular complexity index is 1240. The van der Waals surface area contributed by atoms with Crippen molar-refractivity contribution >= 4 is 33.2 Å². The highest BCUT2D eigenvalue weighted by Crippen LogP contribution is 2.49. The zero-order valence-electron chi connectivity index (χ0n) is 21.3. The molecule has 3 rings (SSSR count). The normalized spacial score (nSPS) is 21.4. The lowest BCUT2D eigenvalue weighted by molar-refractivity contribution is -0.130. The van der Waals surface area contributed by atoms with Crippen LogP contribution in [0, 0.1) is 17.8 Å². The van der Waals surface area contributed by atoms with Crippen LogP contribution in [-0.4, -0.2) is 74.7 Å². The lowest BCUT2D eigenvalue weighted by atomic mass is 9.64. The van der Waals surface area contributed by atoms with Crippen LogP contribution in [-0.2, 0) is 32.5 Å². The predicted molar refractivity (Wildman–Crippen MR) is 137 cm³/mol. The summed E-state index contributed by atoms with van der Waals surface area (Å²) in [5.41, 5.74) is 7.09. The van der Waals surface area contributed by atoms with Gasteiger partial charge in [0.25, 0.3) is 0 Å². The van der Waals surface area contributed by atoms with Gasteiger partial charge in [0.2, 0.25) is 15.9 Å². The number of rotatable bonds is 11. The van der Waals surface area contributed by atoms with Crippen LogP contribution in [0.3, 0.4) is 0 Å². The number of carbonyl (C=O) groups is 3. The fourth-order valence-corrected chi connectivity index (χ4v) is 6.08. The number of fused-ring (bicyclic) bond motifs is 2. The quantitative estimate of drug-likeness (QED) is 0.199. The monoisotopic (exact) mass is 537 g/mol. The van der Waals surface area contributed by atoms with Gasteiger partial charge in [0.05, 0.1) is 24.2 Å². The van der Waals surface area contributed by atoms with Gasteiger partial charge < -0.3 is 26.0 Å². The van der Waals surface area contributed by atoms with E-state index >= 15 is 0 Å². The first-order chi connectivity index (χ1) is 17.3. The molecule has 1 aromatic carbocycles. The number of amides is 1. The molecule has 0 radical (unpaired) electrons. The smallest absolute Gasteiger partial charge is 0.224 e. The number of hydrogen-bond donors (Lipinski definition) is 5. The van der Waals surface area contributed by atoms with E-state index in [1.807, 2.05) is 19.0 Å². The molecule has 0 bridgehead atoms. The molecule has 3 atom stereocenters. The summed E-state index contributed by atoms with van der Waals surface area (Å²) in [5.74, 6) is -4.76. The number of aliphatic hydroxyl groups is 2. The van der Waals surface area contributed by atoms with Crippen LogP contribution in [0.25, 0.3) is 0 Å². The van der Waals surface area contributed by atoms with Crippen molar-refractivity contribution < 1.29 is 38.1 Å². The number of phenols is 1. The number of benzene rings is 1. The lowest BCUT2D eigenvalue weighted by Gasteiger charge is -2.39. The average Bonchev–Trinajstić information content (AvgIpc) is 2.76. The summed E-state index contributed by atoms with van der Waals surface area (Å²) in [4.78, 5) is 39.8. The van der Waals surface area contributed by atoms with Crippen molar-refractivity contribution in [3.8, 4) is 5.75 Å². The number of primary amides is 1. The van der Waals surface area contributed by atoms with Crippen molar-refractivity contribution in [2.75, 3.05) is 38.4 Å². The molecule has 3 unspecified atom stereocenters. The Labute approximate surface area is 216 Å². The van der Waals surface area contributed by atoms with Crippen LogP contribution in [0.2, 0.25) is 0 Å². The molecule has 0 aliphatic heterocycles. The number of allylic oxidation sites excluding steroid dienone is 2. The number of nitrogens with one attached hydrogen (secondary N) is 1. The molecule has 12 heteroatoms. The van der Waals surface area contributed by atoms with Crippen LogP contribution in [0.5, 0.6) is 5.75 Å². The Morgan fingerprint density at radius 1 is 1.24 bits per heavy atom. The van der Waals surface area contributed by atoms with Crippen molar-refractivity contribution in [1.29, 1.82) is 0 Å². The van der Waals surface area contributed by atoms with E-state index in [0.29, 0.717) is 36.8 Å². The first-order valence-electron chi connectivity index (χ1n) is 12.2. The molecule has 0 spiro atoms. The maximum absolute atomic E-state index is 13.8. The van der Waals surface area contributed by atoms with E-state index in [1.54, 1.807) is 6.07 Å². The number of anilines is 1. The number of phenolic OH excluding ortho intramolecular Hbond substituents is 1. The van der Waals surface area contributed by atoms with E-state index in [2.05, 4.69) is 4.72 Å². The maximum Gasteiger partial charge on any atom is 0.224 e. The van der Waals surface area contributed by atoms with E-state index in [0.717, 1.165) is 11.9 Å². The van der Waals surface area contributed by atoms with E-state index < -0.39 is 57.4 Å². The number of ketones is 2. The van der Waals surface area contributed by atoms with Crippen LogP contribution in [0.4, 0.5) is 5.69 Å². The van der Waals surface area contributed by atoms with Crippen molar-refractivity contribution in [2.24, 2.45) is 23.5 Å². The molecular formula is C25H35N3O8S. The van der Waals surface area contributed by atoms with E-state index in [4.69, 9.17) is 5.73 Å². The average molecular weight is 538 g/mol. The Balaban J connectivity index is 2.07. The van der Waals surface area contributed by atoms with Gasteiger partial charge in [-0.1, -0.05) is 0 Å². The second-order valence-corrected chi connectivity index (χ2v) is 11.9. The highest BCUT2D eigenvalue weighted by molar-refractivity contribution is 7.88. The van der Waals surface area contributed by atoms with Crippen LogP contribution in [0.15, 0.2) is 17.4 Å². The number of carbonyl (C=O) groups excluding carboxylic acids is 3. The molecule has 1 aromatic rings. The third-order valence-corrected chi connectivity index (χ3v) is 7.82. The number of Topliss-reactive ketones (excluding diaryl/α,β-unsaturated/α-hetero) is 2. The minimum atomic E-state index is -3.36. The number of hydrogen-bond acceptors (Lipinski definition) is 9. The van der Waals surface area contributed by atoms with Gasteiger partial charge >= 0.3 is 0 Å². The fraction of sp³-hybridized carbons (Fsp3) is 0.560. The summed E-state index contributed by atoms with van der Waals surface area (Å²) < 4.78 is 25.1. The first kappa shape index (κ1) is 28.6. The second kappa shape index (κ2) is 11.2. The Kier molecular flexibility index (Phi) is 8.66. The Hall–Kier alpha value is -2.96. The summed E-state index contributed by atoms with van der Waals surface area (Å²) in [6.07, 6.45) is 2.01. The number of nitrogens with zero attached hydrogens (tertiary/aromatic N) is 1. The number of sulfonamides is 1. The third-order valence-electron chi connectivity index (χ3n) is 7.09. The zero-order chi connectivity index (χ0) is 27.7. The molecule has 204 valence electrons. The topological polar surface area (TPSA) is 187 Å². The molecule has 37 heavy (non-hydrogen) atoms. The predicted octanol–water partition coefficient (Wildman–Crippen LogP) is 0.570. The summed E-state index contributed by atoms with van der Waals surface area (Å²) >= 11 is 0. The minimum absolute atomic E-state index is 0.0420. The molecule has 0 fully saturated rings.